The Labute approximate surface area is 151 Å². The predicted octanol–water partition coefficient (Wildman–Crippen LogP) is 3.14. The SMILES string of the molecule is COc1cc2c(NCc3cccc(C#N)c3)ncnc2c(OC)c1OC. The van der Waals surface area contributed by atoms with E-state index in [1.54, 1.807) is 27.4 Å². The fourth-order valence-electron chi connectivity index (χ4n) is 2.74. The van der Waals surface area contributed by atoms with Crippen molar-refractivity contribution >= 4 is 16.7 Å². The van der Waals surface area contributed by atoms with E-state index in [9.17, 15) is 0 Å². The molecule has 3 rings (SSSR count). The average molecular weight is 350 g/mol. The quantitative estimate of drug-likeness (QED) is 0.730. The lowest BCUT2D eigenvalue weighted by atomic mass is 10.1. The van der Waals surface area contributed by atoms with E-state index in [0.29, 0.717) is 40.7 Å². The van der Waals surface area contributed by atoms with Gasteiger partial charge in [0.2, 0.25) is 5.75 Å². The second-order valence-corrected chi connectivity index (χ2v) is 5.43. The molecule has 0 radical (unpaired) electrons. The predicted molar refractivity (Wildman–Crippen MR) is 97.7 cm³/mol. The molecule has 0 bridgehead atoms. The number of benzene rings is 2. The number of rotatable bonds is 6. The minimum atomic E-state index is 0.480. The summed E-state index contributed by atoms with van der Waals surface area (Å²) in [6.07, 6.45) is 1.46. The standard InChI is InChI=1S/C19H18N4O3/c1-24-15-8-14-16(18(26-3)17(15)25-2)22-11-23-19(14)21-10-13-6-4-5-12(7-13)9-20/h4-8,11H,10H2,1-3H3,(H,21,22,23). The summed E-state index contributed by atoms with van der Waals surface area (Å²) >= 11 is 0. The van der Waals surface area contributed by atoms with Gasteiger partial charge in [0.25, 0.3) is 0 Å². The summed E-state index contributed by atoms with van der Waals surface area (Å²) in [7, 11) is 4.67. The molecule has 0 aliphatic carbocycles. The fourth-order valence-corrected chi connectivity index (χ4v) is 2.74. The lowest BCUT2D eigenvalue weighted by Gasteiger charge is -2.16. The van der Waals surface area contributed by atoms with Crippen LogP contribution in [0.25, 0.3) is 10.9 Å². The van der Waals surface area contributed by atoms with Gasteiger partial charge in [0.05, 0.1) is 38.3 Å². The lowest BCUT2D eigenvalue weighted by molar-refractivity contribution is 0.327. The number of nitriles is 1. The van der Waals surface area contributed by atoms with Gasteiger partial charge in [-0.05, 0) is 23.8 Å². The number of methoxy groups -OCH3 is 3. The Morgan fingerprint density at radius 1 is 1.04 bits per heavy atom. The van der Waals surface area contributed by atoms with Gasteiger partial charge in [0.15, 0.2) is 11.5 Å². The van der Waals surface area contributed by atoms with Gasteiger partial charge < -0.3 is 19.5 Å². The zero-order valence-electron chi connectivity index (χ0n) is 14.7. The van der Waals surface area contributed by atoms with Crippen molar-refractivity contribution in [3.63, 3.8) is 0 Å². The minimum absolute atomic E-state index is 0.480. The first-order valence-corrected chi connectivity index (χ1v) is 7.88. The second kappa shape index (κ2) is 7.57. The van der Waals surface area contributed by atoms with Gasteiger partial charge in [-0.2, -0.15) is 5.26 Å². The first-order valence-electron chi connectivity index (χ1n) is 7.88. The van der Waals surface area contributed by atoms with Crippen molar-refractivity contribution in [3.8, 4) is 23.3 Å². The molecule has 0 saturated carbocycles. The van der Waals surface area contributed by atoms with Gasteiger partial charge >= 0.3 is 0 Å². The summed E-state index contributed by atoms with van der Waals surface area (Å²) in [4.78, 5) is 8.66. The maximum atomic E-state index is 9.02. The lowest BCUT2D eigenvalue weighted by Crippen LogP contribution is -2.04. The van der Waals surface area contributed by atoms with E-state index in [-0.39, 0.29) is 0 Å². The van der Waals surface area contributed by atoms with E-state index < -0.39 is 0 Å². The monoisotopic (exact) mass is 350 g/mol. The van der Waals surface area contributed by atoms with Gasteiger partial charge in [-0.1, -0.05) is 12.1 Å². The number of aromatic nitrogens is 2. The van der Waals surface area contributed by atoms with Crippen molar-refractivity contribution in [1.82, 2.24) is 9.97 Å². The van der Waals surface area contributed by atoms with Gasteiger partial charge in [-0.3, -0.25) is 0 Å². The zero-order chi connectivity index (χ0) is 18.5. The Hall–Kier alpha value is -3.53. The topological polar surface area (TPSA) is 89.3 Å². The van der Waals surface area contributed by atoms with Gasteiger partial charge in [-0.15, -0.1) is 0 Å². The van der Waals surface area contributed by atoms with Crippen LogP contribution in [0.1, 0.15) is 11.1 Å². The van der Waals surface area contributed by atoms with E-state index in [1.165, 1.54) is 6.33 Å². The highest BCUT2D eigenvalue weighted by atomic mass is 16.5. The van der Waals surface area contributed by atoms with E-state index in [2.05, 4.69) is 21.4 Å². The first kappa shape index (κ1) is 17.3. The van der Waals surface area contributed by atoms with Crippen LogP contribution in [0.3, 0.4) is 0 Å². The molecule has 7 nitrogen and oxygen atoms in total. The molecule has 3 aromatic rings. The minimum Gasteiger partial charge on any atom is -0.493 e. The number of fused-ring (bicyclic) bond motifs is 1. The summed E-state index contributed by atoms with van der Waals surface area (Å²) in [5.41, 5.74) is 2.21. The Balaban J connectivity index is 2.02. The zero-order valence-corrected chi connectivity index (χ0v) is 14.7. The van der Waals surface area contributed by atoms with Crippen LogP contribution in [-0.2, 0) is 6.54 Å². The molecule has 1 N–H and O–H groups in total. The van der Waals surface area contributed by atoms with Crippen LogP contribution in [0.4, 0.5) is 5.82 Å². The third kappa shape index (κ3) is 3.17. The van der Waals surface area contributed by atoms with Gasteiger partial charge in [0.1, 0.15) is 17.7 Å². The van der Waals surface area contributed by atoms with E-state index in [1.807, 2.05) is 24.3 Å². The third-order valence-electron chi connectivity index (χ3n) is 3.95. The van der Waals surface area contributed by atoms with Crippen molar-refractivity contribution in [3.05, 3.63) is 47.8 Å². The summed E-state index contributed by atoms with van der Waals surface area (Å²) in [6, 6.07) is 11.3. The highest BCUT2D eigenvalue weighted by molar-refractivity contribution is 5.96. The Bertz CT molecular complexity index is 982. The number of nitrogens with zero attached hydrogens (tertiary/aromatic N) is 3. The molecule has 0 atom stereocenters. The van der Waals surface area contributed by atoms with Crippen molar-refractivity contribution in [2.45, 2.75) is 6.54 Å². The summed E-state index contributed by atoms with van der Waals surface area (Å²) < 4.78 is 16.3. The second-order valence-electron chi connectivity index (χ2n) is 5.43. The van der Waals surface area contributed by atoms with Crippen molar-refractivity contribution < 1.29 is 14.2 Å². The summed E-state index contributed by atoms with van der Waals surface area (Å²) in [5.74, 6) is 2.13. The van der Waals surface area contributed by atoms with Crippen LogP contribution in [0, 0.1) is 11.3 Å². The van der Waals surface area contributed by atoms with Crippen LogP contribution in [0.15, 0.2) is 36.7 Å². The molecule has 0 spiro atoms. The first-order chi connectivity index (χ1) is 12.7. The largest absolute Gasteiger partial charge is 0.493 e. The molecule has 0 aliphatic heterocycles. The van der Waals surface area contributed by atoms with E-state index in [4.69, 9.17) is 19.5 Å². The molecule has 26 heavy (non-hydrogen) atoms. The van der Waals surface area contributed by atoms with E-state index >= 15 is 0 Å². The fraction of sp³-hybridized carbons (Fsp3) is 0.211. The molecule has 0 aliphatic rings. The van der Waals surface area contributed by atoms with E-state index in [0.717, 1.165) is 10.9 Å². The van der Waals surface area contributed by atoms with Crippen LogP contribution in [-0.4, -0.2) is 31.3 Å². The third-order valence-corrected chi connectivity index (χ3v) is 3.95. The highest BCUT2D eigenvalue weighted by Gasteiger charge is 2.19. The number of hydrogen-bond donors (Lipinski definition) is 1. The molecule has 1 aromatic heterocycles. The number of ether oxygens (including phenoxy) is 3. The molecule has 132 valence electrons. The van der Waals surface area contributed by atoms with Crippen LogP contribution in [0.2, 0.25) is 0 Å². The Morgan fingerprint density at radius 2 is 1.85 bits per heavy atom. The Morgan fingerprint density at radius 3 is 2.54 bits per heavy atom. The number of anilines is 1. The Kier molecular flexibility index (Phi) is 5.04. The van der Waals surface area contributed by atoms with Crippen molar-refractivity contribution in [1.29, 1.82) is 5.26 Å². The number of nitrogens with one attached hydrogen (secondary N) is 1. The molecular weight excluding hydrogens is 332 g/mol. The molecule has 0 amide bonds. The highest BCUT2D eigenvalue weighted by Crippen LogP contribution is 2.43. The molecular formula is C19H18N4O3. The average Bonchev–Trinajstić information content (AvgIpc) is 2.70. The van der Waals surface area contributed by atoms with Crippen LogP contribution in [0.5, 0.6) is 17.2 Å². The maximum Gasteiger partial charge on any atom is 0.205 e. The van der Waals surface area contributed by atoms with Crippen molar-refractivity contribution in [2.75, 3.05) is 26.6 Å². The molecule has 0 unspecified atom stereocenters. The van der Waals surface area contributed by atoms with Crippen LogP contribution < -0.4 is 19.5 Å². The summed E-state index contributed by atoms with van der Waals surface area (Å²) in [5, 5.41) is 13.1. The molecule has 7 heteroatoms. The smallest absolute Gasteiger partial charge is 0.205 e. The van der Waals surface area contributed by atoms with Crippen LogP contribution >= 0.6 is 0 Å². The number of hydrogen-bond acceptors (Lipinski definition) is 7. The molecule has 2 aromatic carbocycles. The molecule has 1 heterocycles. The normalized spacial score (nSPS) is 10.2. The maximum absolute atomic E-state index is 9.02. The summed E-state index contributed by atoms with van der Waals surface area (Å²) in [6.45, 7) is 0.512. The van der Waals surface area contributed by atoms with Gasteiger partial charge in [-0.25, -0.2) is 9.97 Å². The molecule has 0 fully saturated rings. The molecule has 0 saturated heterocycles. The van der Waals surface area contributed by atoms with Crippen molar-refractivity contribution in [2.24, 2.45) is 0 Å². The van der Waals surface area contributed by atoms with Gasteiger partial charge in [0, 0.05) is 6.54 Å².